The van der Waals surface area contributed by atoms with Gasteiger partial charge in [-0.15, -0.1) is 0 Å². The number of H-pyrrole nitrogens is 2. The van der Waals surface area contributed by atoms with E-state index in [9.17, 15) is 9.59 Å². The highest BCUT2D eigenvalue weighted by atomic mass is 16.6. The molecule has 1 saturated carbocycles. The maximum atomic E-state index is 12.9. The normalized spacial score (nSPS) is 20.4. The van der Waals surface area contributed by atoms with E-state index in [0.29, 0.717) is 6.54 Å². The standard InChI is InChI=1S/C40H50N6O4/c1-39(2,3)49-37(47)45(7)32-11-8-10-29(32)35-41-23-31(43-35)25-15-13-24(14-16-25)26-17-19-28-27(22-26)18-20-30-34(28)44-36(42-30)33-12-9-21-46(33)38(48)50-40(4,5)6/h13-17,19,22-23,29,32-33H,8-12,18,20-21H2,1-7H3,(H,41,43)(H,42,44)/t29-,32-,33-/m0/s1. The molecule has 0 spiro atoms. The summed E-state index contributed by atoms with van der Waals surface area (Å²) in [6.07, 6.45) is 7.89. The lowest BCUT2D eigenvalue weighted by Gasteiger charge is -2.31. The summed E-state index contributed by atoms with van der Waals surface area (Å²) in [5, 5.41) is 0. The molecular formula is C40H50N6O4. The van der Waals surface area contributed by atoms with E-state index >= 15 is 0 Å². The third-order valence-electron chi connectivity index (χ3n) is 10.1. The SMILES string of the molecule is CN(C(=O)OC(C)(C)C)[C@H]1CCC[C@@H]1c1ncc(-c2ccc(-c3ccc4c(c3)CCc3nc([C@@H]5CCCN5C(=O)OC(C)(C)C)[nH]c3-4)cc2)[nH]1. The number of carbonyl (C=O) groups excluding carboxylic acids is 2. The van der Waals surface area contributed by atoms with Crippen molar-refractivity contribution in [3.05, 3.63) is 71.6 Å². The first-order valence-corrected chi connectivity index (χ1v) is 18.1. The quantitative estimate of drug-likeness (QED) is 0.218. The van der Waals surface area contributed by atoms with Crippen LogP contribution in [0.1, 0.15) is 109 Å². The van der Waals surface area contributed by atoms with Crippen LogP contribution in [0.2, 0.25) is 0 Å². The number of benzene rings is 2. The number of aromatic amines is 2. The summed E-state index contributed by atoms with van der Waals surface area (Å²) in [4.78, 5) is 46.3. The Labute approximate surface area is 295 Å². The van der Waals surface area contributed by atoms with Gasteiger partial charge in [-0.05, 0) is 102 Å². The summed E-state index contributed by atoms with van der Waals surface area (Å²) in [6.45, 7) is 12.1. The van der Waals surface area contributed by atoms with Crippen LogP contribution in [-0.4, -0.2) is 72.8 Å². The Morgan fingerprint density at radius 2 is 1.56 bits per heavy atom. The summed E-state index contributed by atoms with van der Waals surface area (Å²) in [5.74, 6) is 1.92. The number of likely N-dealkylation sites (tertiary alicyclic amines) is 1. The molecule has 0 bridgehead atoms. The van der Waals surface area contributed by atoms with Gasteiger partial charge in [-0.2, -0.15) is 0 Å². The summed E-state index contributed by atoms with van der Waals surface area (Å²) < 4.78 is 11.3. The highest BCUT2D eigenvalue weighted by Gasteiger charge is 2.38. The number of nitrogens with one attached hydrogen (secondary N) is 2. The number of imidazole rings is 2. The third kappa shape index (κ3) is 6.89. The predicted molar refractivity (Wildman–Crippen MR) is 194 cm³/mol. The van der Waals surface area contributed by atoms with Crippen molar-refractivity contribution < 1.29 is 19.1 Å². The molecule has 1 aliphatic heterocycles. The molecule has 264 valence electrons. The van der Waals surface area contributed by atoms with Crippen LogP contribution in [-0.2, 0) is 22.3 Å². The Balaban J connectivity index is 1.05. The van der Waals surface area contributed by atoms with Crippen LogP contribution in [0.3, 0.4) is 0 Å². The highest BCUT2D eigenvalue weighted by molar-refractivity contribution is 5.76. The van der Waals surface area contributed by atoms with Crippen LogP contribution in [0.4, 0.5) is 9.59 Å². The number of ether oxygens (including phenoxy) is 2. The molecule has 4 aromatic rings. The summed E-state index contributed by atoms with van der Waals surface area (Å²) in [5.41, 5.74) is 7.92. The van der Waals surface area contributed by atoms with E-state index in [1.165, 1.54) is 16.7 Å². The fraction of sp³-hybridized carbons (Fsp3) is 0.500. The molecule has 50 heavy (non-hydrogen) atoms. The van der Waals surface area contributed by atoms with Crippen LogP contribution in [0.25, 0.3) is 33.6 Å². The van der Waals surface area contributed by atoms with E-state index in [2.05, 4.69) is 52.4 Å². The number of aromatic nitrogens is 4. The maximum absolute atomic E-state index is 12.9. The van der Waals surface area contributed by atoms with Crippen molar-refractivity contribution in [2.24, 2.45) is 0 Å². The van der Waals surface area contributed by atoms with Gasteiger partial charge in [-0.1, -0.05) is 48.9 Å². The van der Waals surface area contributed by atoms with Crippen molar-refractivity contribution in [2.45, 2.75) is 116 Å². The Hall–Kier alpha value is -4.60. The van der Waals surface area contributed by atoms with Gasteiger partial charge in [-0.3, -0.25) is 4.90 Å². The first-order valence-electron chi connectivity index (χ1n) is 18.1. The Bertz CT molecular complexity index is 1880. The molecule has 7 rings (SSSR count). The van der Waals surface area contributed by atoms with Crippen molar-refractivity contribution in [1.29, 1.82) is 0 Å². The number of likely N-dealkylation sites (N-methyl/N-ethyl adjacent to an activating group) is 1. The molecule has 3 aliphatic rings. The average molecular weight is 679 g/mol. The van der Waals surface area contributed by atoms with Gasteiger partial charge >= 0.3 is 12.2 Å². The minimum absolute atomic E-state index is 0.0503. The molecule has 10 heteroatoms. The topological polar surface area (TPSA) is 116 Å². The number of rotatable bonds is 5. The molecular weight excluding hydrogens is 628 g/mol. The van der Waals surface area contributed by atoms with E-state index in [0.717, 1.165) is 84.8 Å². The van der Waals surface area contributed by atoms with Gasteiger partial charge in [0.15, 0.2) is 0 Å². The molecule has 2 fully saturated rings. The van der Waals surface area contributed by atoms with Crippen molar-refractivity contribution in [1.82, 2.24) is 29.7 Å². The van der Waals surface area contributed by atoms with Crippen LogP contribution >= 0.6 is 0 Å². The fourth-order valence-electron chi connectivity index (χ4n) is 7.76. The number of hydrogen-bond acceptors (Lipinski definition) is 6. The Morgan fingerprint density at radius 3 is 2.30 bits per heavy atom. The fourth-order valence-corrected chi connectivity index (χ4v) is 7.76. The smallest absolute Gasteiger partial charge is 0.410 e. The second-order valence-corrected chi connectivity index (χ2v) is 16.1. The van der Waals surface area contributed by atoms with E-state index in [4.69, 9.17) is 19.4 Å². The average Bonchev–Trinajstić information content (AvgIpc) is 3.88. The molecule has 2 aliphatic carbocycles. The summed E-state index contributed by atoms with van der Waals surface area (Å²) >= 11 is 0. The number of nitrogens with zero attached hydrogens (tertiary/aromatic N) is 4. The molecule has 2 N–H and O–H groups in total. The molecule has 2 amide bonds. The minimum atomic E-state index is -0.533. The zero-order valence-corrected chi connectivity index (χ0v) is 30.4. The molecule has 0 radical (unpaired) electrons. The lowest BCUT2D eigenvalue weighted by molar-refractivity contribution is 0.0204. The van der Waals surface area contributed by atoms with E-state index < -0.39 is 11.2 Å². The molecule has 2 aromatic carbocycles. The van der Waals surface area contributed by atoms with Gasteiger partial charge < -0.3 is 24.3 Å². The lowest BCUT2D eigenvalue weighted by Crippen LogP contribution is -2.42. The van der Waals surface area contributed by atoms with Gasteiger partial charge in [0.05, 0.1) is 29.3 Å². The van der Waals surface area contributed by atoms with Crippen LogP contribution in [0.5, 0.6) is 0 Å². The Morgan fingerprint density at radius 1 is 0.840 bits per heavy atom. The zero-order valence-electron chi connectivity index (χ0n) is 30.4. The predicted octanol–water partition coefficient (Wildman–Crippen LogP) is 8.81. The monoisotopic (exact) mass is 678 g/mol. The van der Waals surface area contributed by atoms with Gasteiger partial charge in [0.25, 0.3) is 0 Å². The zero-order chi connectivity index (χ0) is 35.4. The molecule has 0 unspecified atom stereocenters. The third-order valence-corrected chi connectivity index (χ3v) is 10.1. The van der Waals surface area contributed by atoms with Gasteiger partial charge in [0, 0.05) is 31.1 Å². The number of aryl methyl sites for hydroxylation is 2. The number of fused-ring (bicyclic) bond motifs is 3. The van der Waals surface area contributed by atoms with Crippen LogP contribution in [0.15, 0.2) is 48.7 Å². The van der Waals surface area contributed by atoms with Crippen molar-refractivity contribution in [2.75, 3.05) is 13.6 Å². The largest absolute Gasteiger partial charge is 0.444 e. The van der Waals surface area contributed by atoms with Crippen LogP contribution < -0.4 is 0 Å². The second kappa shape index (κ2) is 12.9. The minimum Gasteiger partial charge on any atom is -0.444 e. The highest BCUT2D eigenvalue weighted by Crippen LogP contribution is 2.40. The second-order valence-electron chi connectivity index (χ2n) is 16.1. The molecule has 2 aromatic heterocycles. The summed E-state index contributed by atoms with van der Waals surface area (Å²) in [6, 6.07) is 15.3. The molecule has 3 heterocycles. The van der Waals surface area contributed by atoms with Gasteiger partial charge in [0.1, 0.15) is 22.9 Å². The van der Waals surface area contributed by atoms with E-state index in [1.807, 2.05) is 59.7 Å². The molecule has 10 nitrogen and oxygen atoms in total. The first-order chi connectivity index (χ1) is 23.7. The van der Waals surface area contributed by atoms with E-state index in [1.54, 1.807) is 4.90 Å². The lowest BCUT2D eigenvalue weighted by atomic mass is 9.89. The van der Waals surface area contributed by atoms with Crippen molar-refractivity contribution in [3.63, 3.8) is 0 Å². The van der Waals surface area contributed by atoms with Gasteiger partial charge in [-0.25, -0.2) is 19.6 Å². The summed E-state index contributed by atoms with van der Waals surface area (Å²) in [7, 11) is 1.84. The van der Waals surface area contributed by atoms with E-state index in [-0.39, 0.29) is 30.2 Å². The van der Waals surface area contributed by atoms with Crippen molar-refractivity contribution >= 4 is 12.2 Å². The maximum Gasteiger partial charge on any atom is 0.410 e. The first kappa shape index (κ1) is 33.9. The number of carbonyl (C=O) groups is 2. The Kier molecular flexibility index (Phi) is 8.77. The van der Waals surface area contributed by atoms with Crippen LogP contribution in [0, 0.1) is 0 Å². The molecule has 3 atom stereocenters. The molecule has 1 saturated heterocycles. The number of hydrogen-bond donors (Lipinski definition) is 2. The van der Waals surface area contributed by atoms with Crippen molar-refractivity contribution in [3.8, 4) is 33.6 Å². The number of amides is 2. The van der Waals surface area contributed by atoms with Gasteiger partial charge in [0.2, 0.25) is 0 Å².